The third kappa shape index (κ3) is 5.78. The fourth-order valence-electron chi connectivity index (χ4n) is 3.97. The van der Waals surface area contributed by atoms with Crippen molar-refractivity contribution in [3.05, 3.63) is 36.7 Å². The number of nitrogens with one attached hydrogen (secondary N) is 3. The summed E-state index contributed by atoms with van der Waals surface area (Å²) in [4.78, 5) is 24.9. The number of aromatic nitrogens is 4. The molecule has 3 heterocycles. The molecule has 1 aliphatic heterocycles. The minimum absolute atomic E-state index is 0.0802. The number of nitrogens with zero attached hydrogens (tertiary/aromatic N) is 4. The van der Waals surface area contributed by atoms with Gasteiger partial charge in [-0.25, -0.2) is 9.55 Å². The van der Waals surface area contributed by atoms with Gasteiger partial charge in [-0.2, -0.15) is 15.1 Å². The summed E-state index contributed by atoms with van der Waals surface area (Å²) in [6.45, 7) is 1.31. The van der Waals surface area contributed by atoms with Gasteiger partial charge < -0.3 is 30.5 Å². The van der Waals surface area contributed by atoms with Gasteiger partial charge in [-0.1, -0.05) is 18.2 Å². The molecule has 1 aliphatic carbocycles. The van der Waals surface area contributed by atoms with E-state index in [1.165, 1.54) is 20.4 Å². The predicted octanol–water partition coefficient (Wildman–Crippen LogP) is 2.64. The largest absolute Gasteiger partial charge is 0.468 e. The van der Waals surface area contributed by atoms with Gasteiger partial charge in [0.2, 0.25) is 5.95 Å². The molecule has 5 rings (SSSR count). The van der Waals surface area contributed by atoms with Gasteiger partial charge in [-0.05, 0) is 31.9 Å². The molecule has 4 atom stereocenters. The van der Waals surface area contributed by atoms with E-state index in [-0.39, 0.29) is 30.4 Å². The lowest BCUT2D eigenvalue weighted by molar-refractivity contribution is -0.142. The first-order valence-electron chi connectivity index (χ1n) is 12.1. The minimum Gasteiger partial charge on any atom is -0.468 e. The molecule has 5 N–H and O–H groups in total. The highest BCUT2D eigenvalue weighted by atomic mass is 31.2. The number of methoxy groups -OCH3 is 1. The van der Waals surface area contributed by atoms with Crippen molar-refractivity contribution in [1.82, 2.24) is 24.6 Å². The summed E-state index contributed by atoms with van der Waals surface area (Å²) in [6.07, 6.45) is 2.40. The predicted molar refractivity (Wildman–Crippen MR) is 138 cm³/mol. The number of para-hydroxylation sites is 1. The fraction of sp³-hybridized carbons (Fsp3) is 0.435. The number of carbonyl (C=O) groups is 1. The van der Waals surface area contributed by atoms with Crippen LogP contribution in [0.2, 0.25) is 0 Å². The van der Waals surface area contributed by atoms with Gasteiger partial charge in [0.1, 0.15) is 11.8 Å². The Bertz CT molecular complexity index is 1380. The maximum atomic E-state index is 13.6. The Morgan fingerprint density at radius 3 is 2.79 bits per heavy atom. The molecule has 0 bridgehead atoms. The Labute approximate surface area is 218 Å². The molecule has 14 nitrogen and oxygen atoms in total. The minimum atomic E-state index is -4.04. The molecule has 38 heavy (non-hydrogen) atoms. The molecule has 15 heteroatoms. The molecule has 3 aromatic rings. The number of anilines is 2. The standard InChI is InChI=1S/C23H29N8O6P/c1-13(22(32)34-2)30-38(33,37-15-6-4-3-5-7-15)35-11-16-10-17(24)21(36-16)31-12-26-18-19(27-14-8-9-14)28-23(25)29-20(18)31/h3-7,12-14,16,21,24H,8-11H2,1-2H3,(H,30,33)(H3,25,27,28,29)/t13-,16-,21+,38?/m0/s1. The number of hydrogen-bond acceptors (Lipinski definition) is 12. The molecular formula is C23H29N8O6P. The lowest BCUT2D eigenvalue weighted by atomic mass is 10.2. The molecule has 2 aromatic heterocycles. The molecule has 0 amide bonds. The first-order valence-corrected chi connectivity index (χ1v) is 13.6. The first kappa shape index (κ1) is 26.0. The van der Waals surface area contributed by atoms with E-state index in [4.69, 9.17) is 29.7 Å². The van der Waals surface area contributed by atoms with Gasteiger partial charge in [-0.15, -0.1) is 0 Å². The molecule has 202 valence electrons. The number of imidazole rings is 1. The van der Waals surface area contributed by atoms with E-state index < -0.39 is 32.1 Å². The topological polar surface area (TPSA) is 189 Å². The van der Waals surface area contributed by atoms with Crippen molar-refractivity contribution < 1.29 is 27.9 Å². The summed E-state index contributed by atoms with van der Waals surface area (Å²) in [5.74, 6) is 0.281. The van der Waals surface area contributed by atoms with E-state index in [2.05, 4.69) is 25.4 Å². The van der Waals surface area contributed by atoms with E-state index in [0.29, 0.717) is 23.0 Å². The van der Waals surface area contributed by atoms with E-state index in [1.807, 2.05) is 0 Å². The highest BCUT2D eigenvalue weighted by Gasteiger charge is 2.38. The number of esters is 1. The second kappa shape index (κ2) is 10.7. The number of rotatable bonds is 11. The summed E-state index contributed by atoms with van der Waals surface area (Å²) in [5, 5.41) is 14.4. The average molecular weight is 545 g/mol. The monoisotopic (exact) mass is 544 g/mol. The van der Waals surface area contributed by atoms with Crippen LogP contribution in [0.5, 0.6) is 5.75 Å². The molecule has 1 unspecified atom stereocenters. The van der Waals surface area contributed by atoms with Crippen molar-refractivity contribution >= 4 is 42.4 Å². The quantitative estimate of drug-likeness (QED) is 0.204. The Kier molecular flexibility index (Phi) is 7.30. The van der Waals surface area contributed by atoms with E-state index >= 15 is 0 Å². The number of nitrogen functional groups attached to an aromatic ring is 1. The van der Waals surface area contributed by atoms with Crippen molar-refractivity contribution in [2.45, 2.75) is 50.6 Å². The van der Waals surface area contributed by atoms with Crippen LogP contribution in [0.15, 0.2) is 36.7 Å². The summed E-state index contributed by atoms with van der Waals surface area (Å²) in [6, 6.07) is 7.81. The summed E-state index contributed by atoms with van der Waals surface area (Å²) in [7, 11) is -2.81. The van der Waals surface area contributed by atoms with Crippen molar-refractivity contribution in [3.63, 3.8) is 0 Å². The van der Waals surface area contributed by atoms with Crippen molar-refractivity contribution in [3.8, 4) is 5.75 Å². The summed E-state index contributed by atoms with van der Waals surface area (Å²) in [5.41, 5.74) is 7.15. The van der Waals surface area contributed by atoms with Gasteiger partial charge in [0, 0.05) is 12.5 Å². The Hall–Kier alpha value is -3.58. The van der Waals surface area contributed by atoms with E-state index in [0.717, 1.165) is 12.8 Å². The van der Waals surface area contributed by atoms with Gasteiger partial charge in [-0.3, -0.25) is 13.9 Å². The SMILES string of the molecule is COC(=O)[C@H](C)NP(=O)(OC[C@@H]1CC(=N)[C@H](n2cnc3c(NC4CC4)nc(N)nc32)O1)Oc1ccccc1. The lowest BCUT2D eigenvalue weighted by Gasteiger charge is -2.23. The van der Waals surface area contributed by atoms with Crippen molar-refractivity contribution in [2.24, 2.45) is 0 Å². The highest BCUT2D eigenvalue weighted by molar-refractivity contribution is 7.52. The van der Waals surface area contributed by atoms with Crippen LogP contribution >= 0.6 is 7.75 Å². The number of benzene rings is 1. The zero-order valence-corrected chi connectivity index (χ0v) is 21.8. The van der Waals surface area contributed by atoms with Crippen LogP contribution in [0.3, 0.4) is 0 Å². The van der Waals surface area contributed by atoms with Crippen LogP contribution in [-0.2, 0) is 23.4 Å². The molecule has 2 aliphatic rings. The molecule has 1 aromatic carbocycles. The number of fused-ring (bicyclic) bond motifs is 1. The third-order valence-corrected chi connectivity index (χ3v) is 7.63. The van der Waals surface area contributed by atoms with Gasteiger partial charge >= 0.3 is 13.7 Å². The zero-order valence-electron chi connectivity index (χ0n) is 20.9. The molecule has 0 spiro atoms. The van der Waals surface area contributed by atoms with Crippen LogP contribution in [-0.4, -0.2) is 63.1 Å². The molecular weight excluding hydrogens is 515 g/mol. The molecule has 1 saturated carbocycles. The second-order valence-electron chi connectivity index (χ2n) is 9.08. The average Bonchev–Trinajstić information content (AvgIpc) is 3.49. The molecule has 0 radical (unpaired) electrons. The van der Waals surface area contributed by atoms with Crippen LogP contribution in [0.1, 0.15) is 32.4 Å². The smallest absolute Gasteiger partial charge is 0.459 e. The lowest BCUT2D eigenvalue weighted by Crippen LogP contribution is -2.35. The van der Waals surface area contributed by atoms with E-state index in [9.17, 15) is 9.36 Å². The third-order valence-electron chi connectivity index (χ3n) is 5.98. The Morgan fingerprint density at radius 2 is 2.08 bits per heavy atom. The van der Waals surface area contributed by atoms with Gasteiger partial charge in [0.05, 0.1) is 31.9 Å². The first-order chi connectivity index (χ1) is 18.2. The van der Waals surface area contributed by atoms with Crippen molar-refractivity contribution in [2.75, 3.05) is 24.8 Å². The van der Waals surface area contributed by atoms with Crippen LogP contribution in [0.4, 0.5) is 11.8 Å². The normalized spacial score (nSPS) is 21.7. The zero-order chi connectivity index (χ0) is 26.9. The second-order valence-corrected chi connectivity index (χ2v) is 10.8. The van der Waals surface area contributed by atoms with Crippen LogP contribution in [0, 0.1) is 5.41 Å². The van der Waals surface area contributed by atoms with Gasteiger partial charge in [0.15, 0.2) is 23.2 Å². The van der Waals surface area contributed by atoms with Crippen LogP contribution in [0.25, 0.3) is 11.2 Å². The maximum Gasteiger partial charge on any atom is 0.459 e. The number of carbonyl (C=O) groups excluding carboxylic acids is 1. The molecule has 2 fully saturated rings. The summed E-state index contributed by atoms with van der Waals surface area (Å²) >= 11 is 0. The van der Waals surface area contributed by atoms with Crippen LogP contribution < -0.4 is 20.7 Å². The number of hydrogen-bond donors (Lipinski definition) is 4. The van der Waals surface area contributed by atoms with Gasteiger partial charge in [0.25, 0.3) is 0 Å². The fourth-order valence-corrected chi connectivity index (χ4v) is 5.50. The number of ether oxygens (including phenoxy) is 2. The summed E-state index contributed by atoms with van der Waals surface area (Å²) < 4.78 is 37.3. The number of nitrogens with two attached hydrogens (primary N) is 1. The Balaban J connectivity index is 1.30. The Morgan fingerprint density at radius 1 is 1.32 bits per heavy atom. The highest BCUT2D eigenvalue weighted by Crippen LogP contribution is 2.45. The molecule has 1 saturated heterocycles. The van der Waals surface area contributed by atoms with Crippen molar-refractivity contribution in [1.29, 1.82) is 5.41 Å². The van der Waals surface area contributed by atoms with E-state index in [1.54, 1.807) is 34.9 Å². The maximum absolute atomic E-state index is 13.6.